The first kappa shape index (κ1) is 16.8. The summed E-state index contributed by atoms with van der Waals surface area (Å²) in [7, 11) is -2.60. The van der Waals surface area contributed by atoms with E-state index < -0.39 is 19.5 Å². The van der Waals surface area contributed by atoms with Gasteiger partial charge in [-0.3, -0.25) is 4.57 Å². The molecule has 0 amide bonds. The van der Waals surface area contributed by atoms with Crippen LogP contribution in [-0.2, 0) is 18.3 Å². The lowest BCUT2D eigenvalue weighted by molar-refractivity contribution is 0.0600. The number of esters is 1. The van der Waals surface area contributed by atoms with Gasteiger partial charge in [0.1, 0.15) is 0 Å². The van der Waals surface area contributed by atoms with Crippen molar-refractivity contribution in [3.05, 3.63) is 35.4 Å². The summed E-state index contributed by atoms with van der Waals surface area (Å²) in [6.45, 7) is 3.38. The van der Waals surface area contributed by atoms with E-state index in [0.29, 0.717) is 0 Å². The van der Waals surface area contributed by atoms with Crippen LogP contribution < -0.4 is 0 Å². The number of hydrogen-bond acceptors (Lipinski definition) is 5. The molecule has 1 unspecified atom stereocenters. The summed E-state index contributed by atoms with van der Waals surface area (Å²) in [5.74, 6) is -2.42. The highest BCUT2D eigenvalue weighted by atomic mass is 31.2. The molecule has 7 heteroatoms. The third-order valence-corrected chi connectivity index (χ3v) is 4.59. The summed E-state index contributed by atoms with van der Waals surface area (Å²) in [4.78, 5) is 11.3. The molecule has 20 heavy (non-hydrogen) atoms. The third kappa shape index (κ3) is 3.88. The Hall–Kier alpha value is -1.23. The van der Waals surface area contributed by atoms with E-state index in [4.69, 9.17) is 9.05 Å². The van der Waals surface area contributed by atoms with Gasteiger partial charge in [0.25, 0.3) is 0 Å². The van der Waals surface area contributed by atoms with Crippen LogP contribution in [0.3, 0.4) is 0 Å². The van der Waals surface area contributed by atoms with E-state index in [-0.39, 0.29) is 24.3 Å². The maximum absolute atomic E-state index is 14.3. The van der Waals surface area contributed by atoms with Crippen LogP contribution in [0.25, 0.3) is 0 Å². The van der Waals surface area contributed by atoms with Crippen LogP contribution >= 0.6 is 7.60 Å². The minimum Gasteiger partial charge on any atom is -0.465 e. The molecule has 0 aromatic heterocycles. The second-order valence-electron chi connectivity index (χ2n) is 3.82. The van der Waals surface area contributed by atoms with Gasteiger partial charge < -0.3 is 13.8 Å². The number of methoxy groups -OCH3 is 1. The van der Waals surface area contributed by atoms with Crippen molar-refractivity contribution in [3.63, 3.8) is 0 Å². The topological polar surface area (TPSA) is 61.8 Å². The van der Waals surface area contributed by atoms with Gasteiger partial charge in [-0.05, 0) is 31.5 Å². The van der Waals surface area contributed by atoms with Crippen molar-refractivity contribution in [3.8, 4) is 0 Å². The monoisotopic (exact) mass is 304 g/mol. The molecule has 1 rings (SSSR count). The number of benzene rings is 1. The van der Waals surface area contributed by atoms with Crippen molar-refractivity contribution in [2.24, 2.45) is 0 Å². The van der Waals surface area contributed by atoms with Crippen molar-refractivity contribution >= 4 is 13.6 Å². The van der Waals surface area contributed by atoms with Crippen LogP contribution in [0.2, 0.25) is 0 Å². The molecule has 0 saturated carbocycles. The number of ether oxygens (including phenoxy) is 1. The van der Waals surface area contributed by atoms with Crippen LogP contribution in [-0.4, -0.2) is 26.3 Å². The molecule has 5 nitrogen and oxygen atoms in total. The number of carbonyl (C=O) groups excluding carboxylic acids is 1. The van der Waals surface area contributed by atoms with E-state index in [1.54, 1.807) is 13.8 Å². The smallest absolute Gasteiger partial charge is 0.369 e. The molecule has 0 radical (unpaired) electrons. The predicted molar refractivity (Wildman–Crippen MR) is 72.5 cm³/mol. The van der Waals surface area contributed by atoms with Crippen molar-refractivity contribution in [1.29, 1.82) is 0 Å². The van der Waals surface area contributed by atoms with Crippen molar-refractivity contribution in [1.82, 2.24) is 0 Å². The molecule has 0 aliphatic heterocycles. The molecule has 0 fully saturated rings. The summed E-state index contributed by atoms with van der Waals surface area (Å²) in [6, 6.07) is 5.52. The highest BCUT2D eigenvalue weighted by molar-refractivity contribution is 7.54. The summed E-state index contributed by atoms with van der Waals surface area (Å²) in [6.07, 6.45) is 0. The van der Waals surface area contributed by atoms with E-state index in [2.05, 4.69) is 4.74 Å². The highest BCUT2D eigenvalue weighted by Crippen LogP contribution is 2.61. The summed E-state index contributed by atoms with van der Waals surface area (Å²) in [5.41, 5.74) is 0.411. The number of alkyl halides is 1. The van der Waals surface area contributed by atoms with Gasteiger partial charge in [-0.1, -0.05) is 12.1 Å². The number of halogens is 1. The first-order valence-electron chi connectivity index (χ1n) is 6.19. The van der Waals surface area contributed by atoms with Gasteiger partial charge in [0.2, 0.25) is 5.91 Å². The lowest BCUT2D eigenvalue weighted by Gasteiger charge is -2.20. The molecular formula is C13H18FO5P. The first-order valence-corrected chi connectivity index (χ1v) is 7.80. The zero-order valence-electron chi connectivity index (χ0n) is 11.7. The van der Waals surface area contributed by atoms with Crippen LogP contribution in [0.5, 0.6) is 0 Å². The molecule has 0 spiro atoms. The number of carbonyl (C=O) groups is 1. The van der Waals surface area contributed by atoms with E-state index in [0.717, 1.165) is 0 Å². The van der Waals surface area contributed by atoms with Crippen LogP contribution in [0, 0.1) is 0 Å². The summed E-state index contributed by atoms with van der Waals surface area (Å²) in [5, 5.41) is 0. The Labute approximate surface area is 117 Å². The Bertz CT molecular complexity index is 478. The molecule has 112 valence electrons. The molecule has 1 aromatic carbocycles. The van der Waals surface area contributed by atoms with Gasteiger partial charge in [0.15, 0.2) is 0 Å². The standard InChI is InChI=1S/C13H18FO5P/c1-4-18-20(16,19-5-2)12(14)10-6-8-11(9-7-10)13(15)17-3/h6-9,12H,4-5H2,1-3H3. The van der Waals surface area contributed by atoms with E-state index >= 15 is 0 Å². The maximum atomic E-state index is 14.3. The van der Waals surface area contributed by atoms with Crippen molar-refractivity contribution in [2.45, 2.75) is 19.8 Å². The Kier molecular flexibility index (Phi) is 6.33. The van der Waals surface area contributed by atoms with Crippen molar-refractivity contribution in [2.75, 3.05) is 20.3 Å². The normalized spacial score (nSPS) is 13.0. The lowest BCUT2D eigenvalue weighted by atomic mass is 10.1. The van der Waals surface area contributed by atoms with E-state index in [9.17, 15) is 13.8 Å². The first-order chi connectivity index (χ1) is 9.48. The van der Waals surface area contributed by atoms with Gasteiger partial charge in [-0.15, -0.1) is 0 Å². The fourth-order valence-corrected chi connectivity index (χ4v) is 3.20. The molecular weight excluding hydrogens is 286 g/mol. The maximum Gasteiger partial charge on any atom is 0.369 e. The molecule has 0 aliphatic rings. The molecule has 0 bridgehead atoms. The minimum atomic E-state index is -3.86. The fourth-order valence-electron chi connectivity index (χ4n) is 1.61. The fraction of sp³-hybridized carbons (Fsp3) is 0.462. The van der Waals surface area contributed by atoms with Gasteiger partial charge in [-0.25, -0.2) is 9.18 Å². The highest BCUT2D eigenvalue weighted by Gasteiger charge is 2.37. The second kappa shape index (κ2) is 7.53. The predicted octanol–water partition coefficient (Wildman–Crippen LogP) is 3.71. The Balaban J connectivity index is 2.98. The molecule has 1 aromatic rings. The number of rotatable bonds is 7. The lowest BCUT2D eigenvalue weighted by Crippen LogP contribution is -2.04. The Morgan fingerprint density at radius 3 is 2.10 bits per heavy atom. The van der Waals surface area contributed by atoms with Gasteiger partial charge >= 0.3 is 13.6 Å². The number of hydrogen-bond donors (Lipinski definition) is 0. The largest absolute Gasteiger partial charge is 0.465 e. The van der Waals surface area contributed by atoms with Crippen LogP contribution in [0.15, 0.2) is 24.3 Å². The van der Waals surface area contributed by atoms with Gasteiger partial charge in [0, 0.05) is 0 Å². The van der Waals surface area contributed by atoms with Crippen LogP contribution in [0.4, 0.5) is 4.39 Å². The Morgan fingerprint density at radius 1 is 1.20 bits per heavy atom. The summed E-state index contributed by atoms with van der Waals surface area (Å²) < 4.78 is 41.1. The Morgan fingerprint density at radius 2 is 1.70 bits per heavy atom. The SMILES string of the molecule is CCOP(=O)(OCC)C(F)c1ccc(C(=O)OC)cc1. The van der Waals surface area contributed by atoms with Crippen LogP contribution in [0.1, 0.15) is 35.7 Å². The minimum absolute atomic E-state index is 0.0813. The molecule has 1 atom stereocenters. The van der Waals surface area contributed by atoms with Gasteiger partial charge in [-0.2, -0.15) is 0 Å². The molecule has 0 aliphatic carbocycles. The van der Waals surface area contributed by atoms with Gasteiger partial charge in [0.05, 0.1) is 25.9 Å². The van der Waals surface area contributed by atoms with E-state index in [1.807, 2.05) is 0 Å². The van der Waals surface area contributed by atoms with Crippen molar-refractivity contribution < 1.29 is 27.5 Å². The molecule has 0 N–H and O–H groups in total. The molecule has 0 saturated heterocycles. The second-order valence-corrected chi connectivity index (χ2v) is 5.87. The van der Waals surface area contributed by atoms with E-state index in [1.165, 1.54) is 31.4 Å². The average Bonchev–Trinajstić information content (AvgIpc) is 2.46. The molecule has 0 heterocycles. The zero-order chi connectivity index (χ0) is 15.2. The quantitative estimate of drug-likeness (QED) is 0.567. The average molecular weight is 304 g/mol. The summed E-state index contributed by atoms with van der Waals surface area (Å²) >= 11 is 0. The zero-order valence-corrected chi connectivity index (χ0v) is 12.6. The third-order valence-electron chi connectivity index (χ3n) is 2.50.